The predicted octanol–water partition coefficient (Wildman–Crippen LogP) is 3.18. The second-order valence-electron chi connectivity index (χ2n) is 4.44. The van der Waals surface area contributed by atoms with E-state index in [1.807, 2.05) is 6.92 Å². The molecular weight excluding hydrogens is 304 g/mol. The first-order chi connectivity index (χ1) is 8.01. The van der Waals surface area contributed by atoms with E-state index < -0.39 is 5.54 Å². The van der Waals surface area contributed by atoms with Crippen LogP contribution in [0, 0.1) is 0 Å². The van der Waals surface area contributed by atoms with Crippen molar-refractivity contribution in [3.63, 3.8) is 0 Å². The summed E-state index contributed by atoms with van der Waals surface area (Å²) in [4.78, 5) is 12.1. The molecule has 2 rings (SSSR count). The Kier molecular flexibility index (Phi) is 3.76. The van der Waals surface area contributed by atoms with Crippen molar-refractivity contribution in [2.45, 2.75) is 25.3 Å². The third-order valence-electron chi connectivity index (χ3n) is 3.05. The Morgan fingerprint density at radius 3 is 2.94 bits per heavy atom. The van der Waals surface area contributed by atoms with Crippen LogP contribution in [-0.2, 0) is 4.79 Å². The van der Waals surface area contributed by atoms with Gasteiger partial charge < -0.3 is 10.6 Å². The van der Waals surface area contributed by atoms with Gasteiger partial charge >= 0.3 is 0 Å². The first kappa shape index (κ1) is 12.9. The zero-order valence-corrected chi connectivity index (χ0v) is 11.9. The van der Waals surface area contributed by atoms with E-state index in [0.717, 1.165) is 29.5 Å². The Bertz CT molecular complexity index is 444. The fraction of sp³-hybridized carbons (Fsp3) is 0.417. The van der Waals surface area contributed by atoms with Gasteiger partial charge in [-0.2, -0.15) is 0 Å². The van der Waals surface area contributed by atoms with Gasteiger partial charge in [0.25, 0.3) is 0 Å². The van der Waals surface area contributed by atoms with Crippen LogP contribution < -0.4 is 10.6 Å². The molecule has 0 aliphatic carbocycles. The highest BCUT2D eigenvalue weighted by Gasteiger charge is 2.35. The lowest BCUT2D eigenvalue weighted by Gasteiger charge is -2.23. The van der Waals surface area contributed by atoms with Crippen LogP contribution >= 0.6 is 27.5 Å². The molecule has 0 saturated carbocycles. The molecule has 1 atom stereocenters. The Morgan fingerprint density at radius 2 is 2.35 bits per heavy atom. The van der Waals surface area contributed by atoms with Crippen molar-refractivity contribution in [1.82, 2.24) is 5.32 Å². The lowest BCUT2D eigenvalue weighted by molar-refractivity contribution is -0.121. The minimum Gasteiger partial charge on any atom is -0.323 e. The molecule has 1 aliphatic rings. The predicted molar refractivity (Wildman–Crippen MR) is 73.4 cm³/mol. The molecule has 0 spiro atoms. The Labute approximate surface area is 114 Å². The topological polar surface area (TPSA) is 41.1 Å². The molecule has 1 aliphatic heterocycles. The zero-order valence-electron chi connectivity index (χ0n) is 9.52. The number of nitrogens with one attached hydrogen (secondary N) is 2. The van der Waals surface area contributed by atoms with E-state index in [1.165, 1.54) is 0 Å². The van der Waals surface area contributed by atoms with Crippen molar-refractivity contribution >= 4 is 39.1 Å². The fourth-order valence-electron chi connectivity index (χ4n) is 1.94. The summed E-state index contributed by atoms with van der Waals surface area (Å²) >= 11 is 9.24. The number of rotatable bonds is 2. The number of anilines is 1. The van der Waals surface area contributed by atoms with Gasteiger partial charge in [-0.25, -0.2) is 0 Å². The number of benzene rings is 1. The Hall–Kier alpha value is -0.580. The first-order valence-electron chi connectivity index (χ1n) is 5.53. The molecule has 1 unspecified atom stereocenters. The second-order valence-corrected chi connectivity index (χ2v) is 5.73. The molecule has 0 aromatic heterocycles. The third kappa shape index (κ3) is 2.81. The lowest BCUT2D eigenvalue weighted by atomic mass is 9.99. The van der Waals surface area contributed by atoms with Gasteiger partial charge in [0.05, 0.1) is 11.2 Å². The monoisotopic (exact) mass is 316 g/mol. The van der Waals surface area contributed by atoms with E-state index in [4.69, 9.17) is 11.6 Å². The van der Waals surface area contributed by atoms with Gasteiger partial charge in [0, 0.05) is 9.50 Å². The van der Waals surface area contributed by atoms with E-state index in [2.05, 4.69) is 26.6 Å². The van der Waals surface area contributed by atoms with Crippen molar-refractivity contribution in [1.29, 1.82) is 0 Å². The van der Waals surface area contributed by atoms with Gasteiger partial charge in [-0.05, 0) is 60.4 Å². The van der Waals surface area contributed by atoms with E-state index in [-0.39, 0.29) is 5.91 Å². The number of hydrogen-bond donors (Lipinski definition) is 2. The molecule has 2 N–H and O–H groups in total. The summed E-state index contributed by atoms with van der Waals surface area (Å²) in [6.45, 7) is 2.82. The minimum absolute atomic E-state index is 0.00183. The molecule has 0 bridgehead atoms. The van der Waals surface area contributed by atoms with E-state index in [1.54, 1.807) is 18.2 Å². The number of carbonyl (C=O) groups is 1. The minimum atomic E-state index is -0.459. The normalized spacial score (nSPS) is 23.7. The summed E-state index contributed by atoms with van der Waals surface area (Å²) in [5, 5.41) is 6.78. The van der Waals surface area contributed by atoms with Crippen molar-refractivity contribution < 1.29 is 4.79 Å². The quantitative estimate of drug-likeness (QED) is 0.879. The Morgan fingerprint density at radius 1 is 1.59 bits per heavy atom. The molecule has 1 heterocycles. The number of carbonyl (C=O) groups excluding carboxylic acids is 1. The Balaban J connectivity index is 2.13. The third-order valence-corrected chi connectivity index (χ3v) is 3.94. The van der Waals surface area contributed by atoms with Crippen LogP contribution in [0.25, 0.3) is 0 Å². The molecule has 1 aromatic rings. The lowest BCUT2D eigenvalue weighted by Crippen LogP contribution is -2.48. The average Bonchev–Trinajstić information content (AvgIpc) is 2.71. The summed E-state index contributed by atoms with van der Waals surface area (Å²) in [5.74, 6) is -0.00183. The van der Waals surface area contributed by atoms with Crippen LogP contribution in [-0.4, -0.2) is 18.0 Å². The number of hydrogen-bond acceptors (Lipinski definition) is 2. The van der Waals surface area contributed by atoms with Crippen molar-refractivity contribution in [2.24, 2.45) is 0 Å². The molecular formula is C12H14BrClN2O. The number of halogens is 2. The maximum atomic E-state index is 12.1. The highest BCUT2D eigenvalue weighted by Crippen LogP contribution is 2.28. The number of amides is 1. The molecule has 1 saturated heterocycles. The van der Waals surface area contributed by atoms with Gasteiger partial charge in [-0.1, -0.05) is 11.6 Å². The standard InChI is InChI=1S/C12H14BrClN2O/c1-12(5-2-6-15-12)11(17)16-10-4-3-8(14)7-9(10)13/h3-4,7,15H,2,5-6H2,1H3,(H,16,17). The molecule has 3 nitrogen and oxygen atoms in total. The SMILES string of the molecule is CC1(C(=O)Nc2ccc(Cl)cc2Br)CCCN1. The van der Waals surface area contributed by atoms with Crippen LogP contribution in [0.5, 0.6) is 0 Å². The van der Waals surface area contributed by atoms with E-state index in [0.29, 0.717) is 5.02 Å². The fourth-order valence-corrected chi connectivity index (χ4v) is 2.72. The van der Waals surface area contributed by atoms with Crippen LogP contribution in [0.15, 0.2) is 22.7 Å². The van der Waals surface area contributed by atoms with Gasteiger partial charge in [0.2, 0.25) is 5.91 Å². The van der Waals surface area contributed by atoms with Crippen molar-refractivity contribution in [2.75, 3.05) is 11.9 Å². The van der Waals surface area contributed by atoms with Crippen molar-refractivity contribution in [3.05, 3.63) is 27.7 Å². The zero-order chi connectivity index (χ0) is 12.5. The van der Waals surface area contributed by atoms with Gasteiger partial charge in [0.15, 0.2) is 0 Å². The smallest absolute Gasteiger partial charge is 0.244 e. The van der Waals surface area contributed by atoms with Crippen LogP contribution in [0.4, 0.5) is 5.69 Å². The van der Waals surface area contributed by atoms with E-state index >= 15 is 0 Å². The molecule has 1 aromatic carbocycles. The van der Waals surface area contributed by atoms with Crippen molar-refractivity contribution in [3.8, 4) is 0 Å². The summed E-state index contributed by atoms with van der Waals surface area (Å²) in [7, 11) is 0. The van der Waals surface area contributed by atoms with Crippen LogP contribution in [0.2, 0.25) is 5.02 Å². The highest BCUT2D eigenvalue weighted by molar-refractivity contribution is 9.10. The summed E-state index contributed by atoms with van der Waals surface area (Å²) < 4.78 is 0.792. The summed E-state index contributed by atoms with van der Waals surface area (Å²) in [6.07, 6.45) is 1.90. The molecule has 5 heteroatoms. The first-order valence-corrected chi connectivity index (χ1v) is 6.70. The molecule has 92 valence electrons. The van der Waals surface area contributed by atoms with Crippen LogP contribution in [0.1, 0.15) is 19.8 Å². The molecule has 17 heavy (non-hydrogen) atoms. The summed E-state index contributed by atoms with van der Waals surface area (Å²) in [5.41, 5.74) is 0.285. The second kappa shape index (κ2) is 4.96. The largest absolute Gasteiger partial charge is 0.323 e. The van der Waals surface area contributed by atoms with Gasteiger partial charge in [0.1, 0.15) is 0 Å². The van der Waals surface area contributed by atoms with Gasteiger partial charge in [-0.3, -0.25) is 4.79 Å². The average molecular weight is 318 g/mol. The van der Waals surface area contributed by atoms with Gasteiger partial charge in [-0.15, -0.1) is 0 Å². The highest BCUT2D eigenvalue weighted by atomic mass is 79.9. The van der Waals surface area contributed by atoms with Crippen LogP contribution in [0.3, 0.4) is 0 Å². The summed E-state index contributed by atoms with van der Waals surface area (Å²) in [6, 6.07) is 5.32. The maximum Gasteiger partial charge on any atom is 0.244 e. The van der Waals surface area contributed by atoms with E-state index in [9.17, 15) is 4.79 Å². The molecule has 0 radical (unpaired) electrons. The molecule has 1 fully saturated rings. The molecule has 1 amide bonds. The maximum absolute atomic E-state index is 12.1.